The fourth-order valence-electron chi connectivity index (χ4n) is 2.21. The summed E-state index contributed by atoms with van der Waals surface area (Å²) in [6, 6.07) is 0. The van der Waals surface area contributed by atoms with Gasteiger partial charge in [0.1, 0.15) is 12.2 Å². The zero-order valence-corrected chi connectivity index (χ0v) is 10.7. The zero-order valence-electron chi connectivity index (χ0n) is 10.7. The molecule has 17 heavy (non-hydrogen) atoms. The highest BCUT2D eigenvalue weighted by atomic mass is 16.6. The molecule has 94 valence electrons. The monoisotopic (exact) mass is 236 g/mol. The van der Waals surface area contributed by atoms with Gasteiger partial charge >= 0.3 is 0 Å². The molecule has 1 atom stereocenters. The molecule has 1 spiro atoms. The van der Waals surface area contributed by atoms with Gasteiger partial charge in [0.15, 0.2) is 0 Å². The number of hydrogen-bond donors (Lipinski definition) is 0. The maximum Gasteiger partial charge on any atom is 0.113 e. The van der Waals surface area contributed by atoms with Crippen LogP contribution in [0.3, 0.4) is 0 Å². The molecule has 0 aromatic carbocycles. The van der Waals surface area contributed by atoms with E-state index in [1.807, 2.05) is 0 Å². The molecule has 0 N–H and O–H groups in total. The summed E-state index contributed by atoms with van der Waals surface area (Å²) in [4.78, 5) is 0. The first-order chi connectivity index (χ1) is 8.28. The van der Waals surface area contributed by atoms with Crippen molar-refractivity contribution in [2.24, 2.45) is 0 Å². The van der Waals surface area contributed by atoms with E-state index >= 15 is 0 Å². The van der Waals surface area contributed by atoms with Gasteiger partial charge in [0.05, 0.1) is 19.8 Å². The van der Waals surface area contributed by atoms with Crippen molar-refractivity contribution in [2.75, 3.05) is 33.5 Å². The third kappa shape index (κ3) is 3.10. The van der Waals surface area contributed by atoms with Crippen molar-refractivity contribution in [2.45, 2.75) is 31.8 Å². The lowest BCUT2D eigenvalue weighted by Crippen LogP contribution is -2.18. The van der Waals surface area contributed by atoms with Gasteiger partial charge < -0.3 is 14.2 Å². The maximum atomic E-state index is 5.57. The second-order valence-corrected chi connectivity index (χ2v) is 4.59. The van der Waals surface area contributed by atoms with Crippen LogP contribution in [0.2, 0.25) is 0 Å². The Bertz CT molecular complexity index is 355. The van der Waals surface area contributed by atoms with Crippen LogP contribution in [-0.4, -0.2) is 39.1 Å². The third-order valence-corrected chi connectivity index (χ3v) is 3.48. The molecule has 2 aliphatic rings. The van der Waals surface area contributed by atoms with E-state index in [0.29, 0.717) is 19.8 Å². The third-order valence-electron chi connectivity index (χ3n) is 3.48. The van der Waals surface area contributed by atoms with Gasteiger partial charge in [-0.05, 0) is 31.8 Å². The lowest BCUT2D eigenvalue weighted by Gasteiger charge is -2.20. The molecule has 0 bridgehead atoms. The average molecular weight is 236 g/mol. The Balaban J connectivity index is 1.83. The predicted octanol–water partition coefficient (Wildman–Crippen LogP) is 1.92. The number of epoxide rings is 1. The number of allylic oxidation sites excluding steroid dienone is 1. The van der Waals surface area contributed by atoms with E-state index in [0.717, 1.165) is 19.4 Å². The first-order valence-corrected chi connectivity index (χ1v) is 6.18. The molecule has 1 saturated heterocycles. The average Bonchev–Trinajstić information content (AvgIpc) is 3.10. The van der Waals surface area contributed by atoms with Crippen LogP contribution in [0.25, 0.3) is 0 Å². The Kier molecular flexibility index (Phi) is 4.22. The highest BCUT2D eigenvalue weighted by molar-refractivity contribution is 5.41. The van der Waals surface area contributed by atoms with Gasteiger partial charge in [-0.1, -0.05) is 11.8 Å². The molecule has 0 radical (unpaired) electrons. The van der Waals surface area contributed by atoms with Crippen LogP contribution in [0.5, 0.6) is 0 Å². The fraction of sp³-hybridized carbons (Fsp3) is 0.714. The van der Waals surface area contributed by atoms with Crippen molar-refractivity contribution >= 4 is 0 Å². The number of rotatable bonds is 4. The molecule has 2 rings (SSSR count). The van der Waals surface area contributed by atoms with Gasteiger partial charge in [0.25, 0.3) is 0 Å². The van der Waals surface area contributed by atoms with Gasteiger partial charge in [0.2, 0.25) is 0 Å². The summed E-state index contributed by atoms with van der Waals surface area (Å²) in [6.45, 7) is 4.75. The van der Waals surface area contributed by atoms with E-state index < -0.39 is 0 Å². The molecule has 0 aromatic rings. The van der Waals surface area contributed by atoms with E-state index in [1.54, 1.807) is 7.11 Å². The fourth-order valence-corrected chi connectivity index (χ4v) is 2.21. The minimum atomic E-state index is 0.0686. The smallest absolute Gasteiger partial charge is 0.113 e. The molecule has 1 aliphatic carbocycles. The van der Waals surface area contributed by atoms with Crippen molar-refractivity contribution < 1.29 is 14.2 Å². The first-order valence-electron chi connectivity index (χ1n) is 6.18. The topological polar surface area (TPSA) is 31.0 Å². The molecule has 1 aliphatic heterocycles. The minimum Gasteiger partial charge on any atom is -0.382 e. The second-order valence-electron chi connectivity index (χ2n) is 4.59. The van der Waals surface area contributed by atoms with E-state index in [-0.39, 0.29) is 5.60 Å². The Labute approximate surface area is 103 Å². The van der Waals surface area contributed by atoms with Crippen molar-refractivity contribution in [1.82, 2.24) is 0 Å². The maximum absolute atomic E-state index is 5.57. The van der Waals surface area contributed by atoms with Crippen molar-refractivity contribution in [3.05, 3.63) is 11.1 Å². The van der Waals surface area contributed by atoms with Crippen LogP contribution in [0.1, 0.15) is 26.2 Å². The van der Waals surface area contributed by atoms with Crippen LogP contribution in [0, 0.1) is 11.8 Å². The highest BCUT2D eigenvalue weighted by Crippen LogP contribution is 2.45. The molecule has 0 aromatic heterocycles. The molecule has 1 heterocycles. The van der Waals surface area contributed by atoms with Gasteiger partial charge in [-0.15, -0.1) is 0 Å². The van der Waals surface area contributed by atoms with Crippen molar-refractivity contribution in [3.63, 3.8) is 0 Å². The van der Waals surface area contributed by atoms with E-state index in [2.05, 4.69) is 18.8 Å². The summed E-state index contributed by atoms with van der Waals surface area (Å²) >= 11 is 0. The van der Waals surface area contributed by atoms with Crippen molar-refractivity contribution in [1.29, 1.82) is 0 Å². The predicted molar refractivity (Wildman–Crippen MR) is 65.7 cm³/mol. The Morgan fingerprint density at radius 3 is 2.94 bits per heavy atom. The van der Waals surface area contributed by atoms with Crippen LogP contribution >= 0.6 is 0 Å². The largest absolute Gasteiger partial charge is 0.382 e. The van der Waals surface area contributed by atoms with E-state index in [9.17, 15) is 0 Å². The summed E-state index contributed by atoms with van der Waals surface area (Å²) in [5.74, 6) is 6.30. The van der Waals surface area contributed by atoms with Crippen LogP contribution in [-0.2, 0) is 14.2 Å². The number of methoxy groups -OCH3 is 1. The summed E-state index contributed by atoms with van der Waals surface area (Å²) < 4.78 is 15.8. The Morgan fingerprint density at radius 2 is 2.24 bits per heavy atom. The number of ether oxygens (including phenoxy) is 3. The van der Waals surface area contributed by atoms with Crippen LogP contribution < -0.4 is 0 Å². The highest BCUT2D eigenvalue weighted by Gasteiger charge is 2.48. The number of hydrogen-bond acceptors (Lipinski definition) is 3. The first kappa shape index (κ1) is 12.6. The molecular weight excluding hydrogens is 216 g/mol. The van der Waals surface area contributed by atoms with Crippen LogP contribution in [0.15, 0.2) is 11.1 Å². The minimum absolute atomic E-state index is 0.0686. The standard InChI is InChI=1S/C14H20O3/c1-12-13(5-3-7-14(12)11-17-14)6-4-8-16-10-9-15-2/h3,5,7-11H2,1-2H3. The summed E-state index contributed by atoms with van der Waals surface area (Å²) in [7, 11) is 1.67. The molecule has 1 unspecified atom stereocenters. The van der Waals surface area contributed by atoms with Crippen molar-refractivity contribution in [3.8, 4) is 11.8 Å². The zero-order chi connectivity index (χ0) is 12.1. The second kappa shape index (κ2) is 5.68. The molecule has 0 amide bonds. The molecule has 3 heteroatoms. The molecule has 3 nitrogen and oxygen atoms in total. The summed E-state index contributed by atoms with van der Waals surface area (Å²) in [5.41, 5.74) is 2.66. The molecule has 1 fully saturated rings. The SMILES string of the molecule is COCCOCC#CC1=C(C)C2(CCC1)CO2. The van der Waals surface area contributed by atoms with Crippen LogP contribution in [0.4, 0.5) is 0 Å². The quantitative estimate of drug-likeness (QED) is 0.424. The van der Waals surface area contributed by atoms with Gasteiger partial charge in [0, 0.05) is 12.7 Å². The van der Waals surface area contributed by atoms with Gasteiger partial charge in [-0.25, -0.2) is 0 Å². The van der Waals surface area contributed by atoms with Gasteiger partial charge in [-0.2, -0.15) is 0 Å². The normalized spacial score (nSPS) is 26.9. The summed E-state index contributed by atoms with van der Waals surface area (Å²) in [6.07, 6.45) is 3.43. The lowest BCUT2D eigenvalue weighted by molar-refractivity contribution is 0.0877. The lowest BCUT2D eigenvalue weighted by atomic mass is 9.84. The molecule has 0 saturated carbocycles. The van der Waals surface area contributed by atoms with E-state index in [1.165, 1.54) is 17.6 Å². The van der Waals surface area contributed by atoms with E-state index in [4.69, 9.17) is 14.2 Å². The van der Waals surface area contributed by atoms with Gasteiger partial charge in [-0.3, -0.25) is 0 Å². The Morgan fingerprint density at radius 1 is 1.41 bits per heavy atom. The summed E-state index contributed by atoms with van der Waals surface area (Å²) in [5, 5.41) is 0. The molecular formula is C14H20O3. The Hall–Kier alpha value is -0.820.